The fraction of sp³-hybridized carbons (Fsp3) is 0.500. The predicted octanol–water partition coefficient (Wildman–Crippen LogP) is 3.67. The Morgan fingerprint density at radius 2 is 1.93 bits per heavy atom. The molecule has 82 valence electrons. The van der Waals surface area contributed by atoms with E-state index < -0.39 is 0 Å². The van der Waals surface area contributed by atoms with Crippen LogP contribution in [0.1, 0.15) is 37.3 Å². The van der Waals surface area contributed by atoms with Crippen molar-refractivity contribution in [1.29, 1.82) is 0 Å². The van der Waals surface area contributed by atoms with Crippen LogP contribution in [-0.4, -0.2) is 0 Å². The third kappa shape index (κ3) is 2.50. The molecule has 1 saturated carbocycles. The highest BCUT2D eigenvalue weighted by Gasteiger charge is 2.23. The first-order valence-corrected chi connectivity index (χ1v) is 5.76. The summed E-state index contributed by atoms with van der Waals surface area (Å²) in [7, 11) is 0. The Labute approximate surface area is 94.4 Å². The molecule has 1 aliphatic carbocycles. The molecule has 1 atom stereocenters. The zero-order valence-corrected chi connectivity index (χ0v) is 9.30. The van der Waals surface area contributed by atoms with Crippen LogP contribution in [0.3, 0.4) is 0 Å². The molecule has 1 nitrogen and oxygen atoms in total. The van der Waals surface area contributed by atoms with E-state index in [0.29, 0.717) is 10.9 Å². The molecule has 0 aromatic heterocycles. The smallest absolute Gasteiger partial charge is 0.125 e. The molecule has 2 N–H and O–H groups in total. The van der Waals surface area contributed by atoms with E-state index in [1.807, 2.05) is 0 Å². The minimum Gasteiger partial charge on any atom is -0.324 e. The molecule has 3 heteroatoms. The summed E-state index contributed by atoms with van der Waals surface area (Å²) in [6, 6.07) is 4.51. The first kappa shape index (κ1) is 10.9. The largest absolute Gasteiger partial charge is 0.324 e. The summed E-state index contributed by atoms with van der Waals surface area (Å²) in [4.78, 5) is 0. The minimum atomic E-state index is -0.300. The zero-order valence-electron chi connectivity index (χ0n) is 8.55. The molecular formula is C12H15ClFN. The van der Waals surface area contributed by atoms with Gasteiger partial charge in [-0.05, 0) is 42.5 Å². The Morgan fingerprint density at radius 3 is 2.53 bits per heavy atom. The second-order valence-electron chi connectivity index (χ2n) is 4.27. The van der Waals surface area contributed by atoms with E-state index in [0.717, 1.165) is 18.4 Å². The summed E-state index contributed by atoms with van der Waals surface area (Å²) in [5.74, 6) is 0.189. The Kier molecular flexibility index (Phi) is 3.27. The van der Waals surface area contributed by atoms with Crippen molar-refractivity contribution in [3.63, 3.8) is 0 Å². The highest BCUT2D eigenvalue weighted by molar-refractivity contribution is 6.30. The molecule has 1 aliphatic rings. The third-order valence-corrected chi connectivity index (χ3v) is 3.40. The Hall–Kier alpha value is -0.600. The van der Waals surface area contributed by atoms with Crippen molar-refractivity contribution in [3.05, 3.63) is 34.6 Å². The van der Waals surface area contributed by atoms with Gasteiger partial charge in [-0.15, -0.1) is 0 Å². The van der Waals surface area contributed by atoms with Gasteiger partial charge >= 0.3 is 0 Å². The van der Waals surface area contributed by atoms with Crippen LogP contribution >= 0.6 is 11.6 Å². The normalized spacial score (nSPS) is 19.4. The van der Waals surface area contributed by atoms with E-state index in [-0.39, 0.29) is 11.9 Å². The van der Waals surface area contributed by atoms with Crippen LogP contribution < -0.4 is 5.73 Å². The van der Waals surface area contributed by atoms with Gasteiger partial charge < -0.3 is 5.73 Å². The molecule has 0 saturated heterocycles. The molecule has 0 radical (unpaired) electrons. The van der Waals surface area contributed by atoms with Crippen LogP contribution in [0.2, 0.25) is 5.02 Å². The van der Waals surface area contributed by atoms with Gasteiger partial charge in [0.2, 0.25) is 0 Å². The number of nitrogens with two attached hydrogens (primary N) is 1. The number of rotatable bonds is 2. The Bertz CT molecular complexity index is 327. The SMILES string of the molecule is N[C@@H](c1cc(F)cc(Cl)c1)C1CCCC1. The molecular weight excluding hydrogens is 213 g/mol. The maximum Gasteiger partial charge on any atom is 0.125 e. The lowest BCUT2D eigenvalue weighted by Gasteiger charge is -2.19. The van der Waals surface area contributed by atoms with Crippen LogP contribution in [0.4, 0.5) is 4.39 Å². The first-order chi connectivity index (χ1) is 7.16. The number of benzene rings is 1. The highest BCUT2D eigenvalue weighted by Crippen LogP contribution is 2.34. The zero-order chi connectivity index (χ0) is 10.8. The summed E-state index contributed by atoms with van der Waals surface area (Å²) in [6.45, 7) is 0. The molecule has 1 fully saturated rings. The van der Waals surface area contributed by atoms with E-state index in [2.05, 4.69) is 0 Å². The van der Waals surface area contributed by atoms with Gasteiger partial charge in [0, 0.05) is 11.1 Å². The molecule has 0 unspecified atom stereocenters. The molecule has 2 rings (SSSR count). The predicted molar refractivity (Wildman–Crippen MR) is 60.3 cm³/mol. The molecule has 1 aromatic carbocycles. The minimum absolute atomic E-state index is 0.0688. The molecule has 1 aromatic rings. The summed E-state index contributed by atoms with van der Waals surface area (Å²) in [5, 5.41) is 0.429. The van der Waals surface area contributed by atoms with Crippen LogP contribution in [0.25, 0.3) is 0 Å². The Balaban J connectivity index is 2.20. The van der Waals surface area contributed by atoms with Gasteiger partial charge in [0.25, 0.3) is 0 Å². The third-order valence-electron chi connectivity index (χ3n) is 3.18. The second-order valence-corrected chi connectivity index (χ2v) is 4.71. The lowest BCUT2D eigenvalue weighted by molar-refractivity contribution is 0.443. The van der Waals surface area contributed by atoms with Gasteiger partial charge in [-0.2, -0.15) is 0 Å². The summed E-state index contributed by atoms with van der Waals surface area (Å²) < 4.78 is 13.1. The van der Waals surface area contributed by atoms with E-state index >= 15 is 0 Å². The molecule has 15 heavy (non-hydrogen) atoms. The van der Waals surface area contributed by atoms with Gasteiger partial charge in [0.15, 0.2) is 0 Å². The van der Waals surface area contributed by atoms with E-state index in [1.54, 1.807) is 6.07 Å². The molecule has 0 bridgehead atoms. The Morgan fingerprint density at radius 1 is 1.27 bits per heavy atom. The van der Waals surface area contributed by atoms with Crippen molar-refractivity contribution >= 4 is 11.6 Å². The van der Waals surface area contributed by atoms with Crippen molar-refractivity contribution in [1.82, 2.24) is 0 Å². The van der Waals surface area contributed by atoms with Crippen LogP contribution in [0.15, 0.2) is 18.2 Å². The van der Waals surface area contributed by atoms with Crippen molar-refractivity contribution in [2.45, 2.75) is 31.7 Å². The topological polar surface area (TPSA) is 26.0 Å². The average Bonchev–Trinajstić information content (AvgIpc) is 2.67. The van der Waals surface area contributed by atoms with Crippen molar-refractivity contribution in [3.8, 4) is 0 Å². The maximum atomic E-state index is 13.1. The van der Waals surface area contributed by atoms with Crippen molar-refractivity contribution in [2.75, 3.05) is 0 Å². The standard InChI is InChI=1S/C12H15ClFN/c13-10-5-9(6-11(14)7-10)12(15)8-3-1-2-4-8/h5-8,12H,1-4,15H2/t12-/m1/s1. The van der Waals surface area contributed by atoms with Crippen LogP contribution in [0, 0.1) is 11.7 Å². The van der Waals surface area contributed by atoms with Crippen molar-refractivity contribution in [2.24, 2.45) is 11.7 Å². The van der Waals surface area contributed by atoms with E-state index in [4.69, 9.17) is 17.3 Å². The molecule has 0 heterocycles. The highest BCUT2D eigenvalue weighted by atomic mass is 35.5. The van der Waals surface area contributed by atoms with E-state index in [1.165, 1.54) is 25.0 Å². The fourth-order valence-corrected chi connectivity index (χ4v) is 2.59. The summed E-state index contributed by atoms with van der Waals surface area (Å²) >= 11 is 5.81. The molecule has 0 spiro atoms. The van der Waals surface area contributed by atoms with Gasteiger partial charge in [0.05, 0.1) is 0 Å². The lowest BCUT2D eigenvalue weighted by Crippen LogP contribution is -2.19. The second kappa shape index (κ2) is 4.50. The van der Waals surface area contributed by atoms with Gasteiger partial charge in [-0.25, -0.2) is 4.39 Å². The van der Waals surface area contributed by atoms with E-state index in [9.17, 15) is 4.39 Å². The number of halogens is 2. The maximum absolute atomic E-state index is 13.1. The monoisotopic (exact) mass is 227 g/mol. The molecule has 0 amide bonds. The first-order valence-electron chi connectivity index (χ1n) is 5.38. The average molecular weight is 228 g/mol. The molecule has 0 aliphatic heterocycles. The van der Waals surface area contributed by atoms with Crippen LogP contribution in [-0.2, 0) is 0 Å². The van der Waals surface area contributed by atoms with Crippen LogP contribution in [0.5, 0.6) is 0 Å². The quantitative estimate of drug-likeness (QED) is 0.820. The van der Waals surface area contributed by atoms with Crippen molar-refractivity contribution < 1.29 is 4.39 Å². The number of hydrogen-bond acceptors (Lipinski definition) is 1. The lowest BCUT2D eigenvalue weighted by atomic mass is 9.92. The summed E-state index contributed by atoms with van der Waals surface area (Å²) in [6.07, 6.45) is 4.77. The van der Waals surface area contributed by atoms with Gasteiger partial charge in [-0.3, -0.25) is 0 Å². The number of hydrogen-bond donors (Lipinski definition) is 1. The summed E-state index contributed by atoms with van der Waals surface area (Å²) in [5.41, 5.74) is 6.94. The fourth-order valence-electron chi connectivity index (χ4n) is 2.36. The van der Waals surface area contributed by atoms with Gasteiger partial charge in [-0.1, -0.05) is 24.4 Å². The van der Waals surface area contributed by atoms with Gasteiger partial charge in [0.1, 0.15) is 5.82 Å².